The van der Waals surface area contributed by atoms with Gasteiger partial charge in [-0.25, -0.2) is 4.79 Å². The molecule has 0 saturated heterocycles. The molecule has 1 N–H and O–H groups in total. The molecule has 0 amide bonds. The van der Waals surface area contributed by atoms with Gasteiger partial charge < -0.3 is 14.8 Å². The average Bonchev–Trinajstić information content (AvgIpc) is 3.17. The van der Waals surface area contributed by atoms with Crippen molar-refractivity contribution < 1.29 is 14.3 Å². The third kappa shape index (κ3) is 6.93. The predicted octanol–water partition coefficient (Wildman–Crippen LogP) is 0.640. The van der Waals surface area contributed by atoms with Gasteiger partial charge in [0.05, 0.1) is 13.2 Å². The van der Waals surface area contributed by atoms with Crippen LogP contribution in [0.5, 0.6) is 0 Å². The van der Waals surface area contributed by atoms with E-state index in [-0.39, 0.29) is 12.6 Å². The van der Waals surface area contributed by atoms with Crippen LogP contribution in [0.4, 0.5) is 0 Å². The monoisotopic (exact) mass is 258 g/mol. The van der Waals surface area contributed by atoms with E-state index in [1.54, 1.807) is 6.92 Å². The molecule has 0 unspecified atom stereocenters. The Morgan fingerprint density at radius 1 is 1.33 bits per heavy atom. The Bertz CT molecular complexity index is 232. The molecule has 5 nitrogen and oxygen atoms in total. The van der Waals surface area contributed by atoms with Gasteiger partial charge in [0.25, 0.3) is 0 Å². The lowest BCUT2D eigenvalue weighted by Gasteiger charge is -2.19. The average molecular weight is 258 g/mol. The number of hydrogen-bond acceptors (Lipinski definition) is 5. The highest BCUT2D eigenvalue weighted by Gasteiger charge is 2.26. The zero-order valence-corrected chi connectivity index (χ0v) is 11.6. The molecule has 1 aliphatic carbocycles. The van der Waals surface area contributed by atoms with Crippen LogP contribution in [0.1, 0.15) is 26.7 Å². The van der Waals surface area contributed by atoms with Gasteiger partial charge in [-0.1, -0.05) is 6.92 Å². The number of nitrogens with zero attached hydrogens (tertiary/aromatic N) is 1. The molecule has 0 aromatic heterocycles. The van der Waals surface area contributed by atoms with Gasteiger partial charge in [-0.15, -0.1) is 0 Å². The number of hydrogen-bond donors (Lipinski definition) is 1. The highest BCUT2D eigenvalue weighted by molar-refractivity contribution is 5.70. The number of ether oxygens (including phenoxy) is 2. The van der Waals surface area contributed by atoms with E-state index in [1.165, 1.54) is 12.8 Å². The van der Waals surface area contributed by atoms with Crippen molar-refractivity contribution in [2.75, 3.05) is 46.0 Å². The summed E-state index contributed by atoms with van der Waals surface area (Å²) in [6, 6.07) is 0.830. The molecule has 1 aliphatic rings. The number of esters is 1. The Hall–Kier alpha value is -0.650. The molecule has 0 bridgehead atoms. The van der Waals surface area contributed by atoms with E-state index in [0.29, 0.717) is 13.2 Å². The van der Waals surface area contributed by atoms with Crippen LogP contribution in [0.25, 0.3) is 0 Å². The molecular weight excluding hydrogens is 232 g/mol. The first-order valence-electron chi connectivity index (χ1n) is 6.96. The van der Waals surface area contributed by atoms with Crippen LogP contribution in [0.2, 0.25) is 0 Å². The summed E-state index contributed by atoms with van der Waals surface area (Å²) in [6.45, 7) is 9.00. The van der Waals surface area contributed by atoms with E-state index in [9.17, 15) is 4.79 Å². The van der Waals surface area contributed by atoms with Crippen molar-refractivity contribution in [3.8, 4) is 0 Å². The van der Waals surface area contributed by atoms with E-state index >= 15 is 0 Å². The summed E-state index contributed by atoms with van der Waals surface area (Å²) < 4.78 is 9.95. The lowest BCUT2D eigenvalue weighted by Crippen LogP contribution is -2.34. The second-order valence-corrected chi connectivity index (χ2v) is 4.47. The molecule has 0 atom stereocenters. The molecule has 1 rings (SSSR count). The summed E-state index contributed by atoms with van der Waals surface area (Å²) in [5.41, 5.74) is 0. The van der Waals surface area contributed by atoms with Crippen LogP contribution in [0, 0.1) is 0 Å². The van der Waals surface area contributed by atoms with Crippen molar-refractivity contribution in [2.24, 2.45) is 0 Å². The Kier molecular flexibility index (Phi) is 7.96. The maximum atomic E-state index is 11.0. The normalized spacial score (nSPS) is 15.1. The fraction of sp³-hybridized carbons (Fsp3) is 0.923. The van der Waals surface area contributed by atoms with E-state index < -0.39 is 0 Å². The molecule has 0 aliphatic heterocycles. The van der Waals surface area contributed by atoms with Gasteiger partial charge in [0.1, 0.15) is 6.61 Å². The van der Waals surface area contributed by atoms with Crippen molar-refractivity contribution in [1.29, 1.82) is 0 Å². The molecule has 106 valence electrons. The SMILES string of the molecule is CCOC(=O)COCCNCCN(CC)C1CC1. The highest BCUT2D eigenvalue weighted by atomic mass is 16.6. The Morgan fingerprint density at radius 3 is 2.72 bits per heavy atom. The van der Waals surface area contributed by atoms with E-state index in [1.807, 2.05) is 0 Å². The number of rotatable bonds is 11. The fourth-order valence-electron chi connectivity index (χ4n) is 1.89. The van der Waals surface area contributed by atoms with Gasteiger partial charge in [-0.3, -0.25) is 4.90 Å². The molecule has 18 heavy (non-hydrogen) atoms. The van der Waals surface area contributed by atoms with Crippen molar-refractivity contribution in [2.45, 2.75) is 32.7 Å². The molecule has 1 saturated carbocycles. The van der Waals surface area contributed by atoms with Crippen LogP contribution in [-0.2, 0) is 14.3 Å². The maximum Gasteiger partial charge on any atom is 0.332 e. The number of nitrogens with one attached hydrogen (secondary N) is 1. The smallest absolute Gasteiger partial charge is 0.332 e. The minimum Gasteiger partial charge on any atom is -0.464 e. The molecule has 0 aromatic rings. The standard InChI is InChI=1S/C13H26N2O3/c1-3-15(12-5-6-12)9-7-14-8-10-17-11-13(16)18-4-2/h12,14H,3-11H2,1-2H3. The Labute approximate surface area is 110 Å². The van der Waals surface area contributed by atoms with E-state index in [0.717, 1.165) is 32.2 Å². The quantitative estimate of drug-likeness (QED) is 0.435. The second kappa shape index (κ2) is 9.30. The summed E-state index contributed by atoms with van der Waals surface area (Å²) in [4.78, 5) is 13.5. The van der Waals surface area contributed by atoms with Gasteiger partial charge in [-0.05, 0) is 26.3 Å². The maximum absolute atomic E-state index is 11.0. The van der Waals surface area contributed by atoms with Gasteiger partial charge in [0.15, 0.2) is 0 Å². The zero-order valence-electron chi connectivity index (χ0n) is 11.6. The number of likely N-dealkylation sites (N-methyl/N-ethyl adjacent to an activating group) is 1. The van der Waals surface area contributed by atoms with Gasteiger partial charge in [0.2, 0.25) is 0 Å². The first-order chi connectivity index (χ1) is 8.77. The predicted molar refractivity (Wildman–Crippen MR) is 70.6 cm³/mol. The van der Waals surface area contributed by atoms with Gasteiger partial charge in [0, 0.05) is 25.7 Å². The molecule has 0 radical (unpaired) electrons. The number of carbonyl (C=O) groups excluding carboxylic acids is 1. The highest BCUT2D eigenvalue weighted by Crippen LogP contribution is 2.25. The van der Waals surface area contributed by atoms with Gasteiger partial charge in [-0.2, -0.15) is 0 Å². The Balaban J connectivity index is 1.84. The third-order valence-corrected chi connectivity index (χ3v) is 2.99. The lowest BCUT2D eigenvalue weighted by molar-refractivity contribution is -0.148. The molecule has 1 fully saturated rings. The minimum absolute atomic E-state index is 0.0542. The largest absolute Gasteiger partial charge is 0.464 e. The Morgan fingerprint density at radius 2 is 2.11 bits per heavy atom. The number of carbonyl (C=O) groups is 1. The van der Waals surface area contributed by atoms with Gasteiger partial charge >= 0.3 is 5.97 Å². The molecular formula is C13H26N2O3. The van der Waals surface area contributed by atoms with Crippen molar-refractivity contribution in [3.05, 3.63) is 0 Å². The first-order valence-corrected chi connectivity index (χ1v) is 6.96. The molecule has 0 spiro atoms. The lowest BCUT2D eigenvalue weighted by atomic mass is 10.4. The molecule has 5 heteroatoms. The van der Waals surface area contributed by atoms with E-state index in [2.05, 4.69) is 17.1 Å². The van der Waals surface area contributed by atoms with Crippen LogP contribution in [0.15, 0.2) is 0 Å². The van der Waals surface area contributed by atoms with Crippen LogP contribution in [-0.4, -0.2) is 62.9 Å². The fourth-order valence-corrected chi connectivity index (χ4v) is 1.89. The van der Waals surface area contributed by atoms with E-state index in [4.69, 9.17) is 9.47 Å². The topological polar surface area (TPSA) is 50.8 Å². The molecule has 0 heterocycles. The zero-order chi connectivity index (χ0) is 13.2. The van der Waals surface area contributed by atoms with Crippen LogP contribution in [0.3, 0.4) is 0 Å². The summed E-state index contributed by atoms with van der Waals surface area (Å²) in [7, 11) is 0. The van der Waals surface area contributed by atoms with Crippen molar-refractivity contribution in [3.63, 3.8) is 0 Å². The summed E-state index contributed by atoms with van der Waals surface area (Å²) >= 11 is 0. The summed E-state index contributed by atoms with van der Waals surface area (Å²) in [6.07, 6.45) is 2.72. The summed E-state index contributed by atoms with van der Waals surface area (Å²) in [5.74, 6) is -0.289. The second-order valence-electron chi connectivity index (χ2n) is 4.47. The minimum atomic E-state index is -0.289. The van der Waals surface area contributed by atoms with Crippen LogP contribution >= 0.6 is 0 Å². The summed E-state index contributed by atoms with van der Waals surface area (Å²) in [5, 5.41) is 3.32. The molecule has 0 aromatic carbocycles. The first kappa shape index (κ1) is 15.4. The van der Waals surface area contributed by atoms with Crippen molar-refractivity contribution >= 4 is 5.97 Å². The van der Waals surface area contributed by atoms with Crippen molar-refractivity contribution in [1.82, 2.24) is 10.2 Å². The van der Waals surface area contributed by atoms with Crippen LogP contribution < -0.4 is 5.32 Å². The third-order valence-electron chi connectivity index (χ3n) is 2.99.